The lowest BCUT2D eigenvalue weighted by Gasteiger charge is -2.10. The molecule has 1 heterocycles. The van der Waals surface area contributed by atoms with E-state index in [1.807, 2.05) is 0 Å². The summed E-state index contributed by atoms with van der Waals surface area (Å²) in [6, 6.07) is 15.8. The number of amides is 1. The van der Waals surface area contributed by atoms with Gasteiger partial charge in [-0.05, 0) is 29.8 Å². The summed E-state index contributed by atoms with van der Waals surface area (Å²) in [5.41, 5.74) is 0.502. The third-order valence-electron chi connectivity index (χ3n) is 4.07. The molecule has 1 N–H and O–H groups in total. The van der Waals surface area contributed by atoms with Gasteiger partial charge in [0.2, 0.25) is 0 Å². The molecule has 2 aromatic carbocycles. The Morgan fingerprint density at radius 2 is 1.93 bits per heavy atom. The largest absolute Gasteiger partial charge is 0.497 e. The summed E-state index contributed by atoms with van der Waals surface area (Å²) in [5, 5.41) is 13.6. The second-order valence-corrected chi connectivity index (χ2v) is 5.97. The second kappa shape index (κ2) is 8.17. The van der Waals surface area contributed by atoms with E-state index in [2.05, 4.69) is 5.32 Å². The molecule has 0 saturated carbocycles. The van der Waals surface area contributed by atoms with Crippen LogP contribution in [0.25, 0.3) is 0 Å². The van der Waals surface area contributed by atoms with E-state index >= 15 is 0 Å². The first-order valence-corrected chi connectivity index (χ1v) is 8.36. The predicted octanol–water partition coefficient (Wildman–Crippen LogP) is 3.07. The maximum Gasteiger partial charge on any atom is 0.269 e. The third-order valence-corrected chi connectivity index (χ3v) is 4.07. The Labute approximate surface area is 160 Å². The smallest absolute Gasteiger partial charge is 0.269 e. The highest BCUT2D eigenvalue weighted by Gasteiger charge is 2.14. The maximum absolute atomic E-state index is 12.7. The van der Waals surface area contributed by atoms with Crippen LogP contribution in [0.2, 0.25) is 0 Å². The number of nitrogens with zero attached hydrogens (tertiary/aromatic N) is 2. The fourth-order valence-electron chi connectivity index (χ4n) is 2.70. The number of ether oxygens (including phenoxy) is 1. The zero-order valence-corrected chi connectivity index (χ0v) is 15.0. The number of carbonyl (C=O) groups excluding carboxylic acids is 1. The Morgan fingerprint density at radius 1 is 1.14 bits per heavy atom. The van der Waals surface area contributed by atoms with Gasteiger partial charge in [-0.1, -0.05) is 18.2 Å². The van der Waals surface area contributed by atoms with Crippen molar-refractivity contribution in [2.24, 2.45) is 0 Å². The fourth-order valence-corrected chi connectivity index (χ4v) is 2.70. The Bertz CT molecular complexity index is 1090. The molecule has 1 amide bonds. The molecule has 0 atom stereocenters. The molecule has 0 unspecified atom stereocenters. The van der Waals surface area contributed by atoms with Crippen LogP contribution in [-0.2, 0) is 6.54 Å². The van der Waals surface area contributed by atoms with Gasteiger partial charge in [0.25, 0.3) is 17.2 Å². The van der Waals surface area contributed by atoms with Crippen LogP contribution >= 0.6 is 0 Å². The van der Waals surface area contributed by atoms with Gasteiger partial charge in [0.05, 0.1) is 18.6 Å². The first kappa shape index (κ1) is 18.8. The fraction of sp³-hybridized carbons (Fsp3) is 0.100. The zero-order valence-electron chi connectivity index (χ0n) is 15.0. The third kappa shape index (κ3) is 4.24. The lowest BCUT2D eigenvalue weighted by molar-refractivity contribution is -0.384. The van der Waals surface area contributed by atoms with E-state index in [9.17, 15) is 19.7 Å². The Morgan fingerprint density at radius 3 is 2.68 bits per heavy atom. The monoisotopic (exact) mass is 379 g/mol. The number of pyridine rings is 1. The molecule has 0 spiro atoms. The highest BCUT2D eigenvalue weighted by atomic mass is 16.6. The van der Waals surface area contributed by atoms with Gasteiger partial charge in [0.15, 0.2) is 0 Å². The van der Waals surface area contributed by atoms with Crippen molar-refractivity contribution in [1.82, 2.24) is 4.57 Å². The molecule has 0 fully saturated rings. The van der Waals surface area contributed by atoms with Crippen LogP contribution in [0.5, 0.6) is 5.75 Å². The number of anilines is 1. The molecule has 8 heteroatoms. The van der Waals surface area contributed by atoms with Crippen molar-refractivity contribution in [3.05, 3.63) is 98.5 Å². The molecule has 28 heavy (non-hydrogen) atoms. The number of hydrogen-bond donors (Lipinski definition) is 1. The molecule has 0 saturated heterocycles. The van der Waals surface area contributed by atoms with Crippen LogP contribution in [0, 0.1) is 10.1 Å². The van der Waals surface area contributed by atoms with Gasteiger partial charge in [-0.2, -0.15) is 0 Å². The van der Waals surface area contributed by atoms with E-state index in [1.54, 1.807) is 42.5 Å². The van der Waals surface area contributed by atoms with E-state index in [0.29, 0.717) is 17.0 Å². The molecule has 0 aliphatic rings. The minimum atomic E-state index is -0.549. The number of nitrogens with one attached hydrogen (secondary N) is 1. The number of benzene rings is 2. The molecule has 8 nitrogen and oxygen atoms in total. The van der Waals surface area contributed by atoms with Crippen LogP contribution in [0.3, 0.4) is 0 Å². The van der Waals surface area contributed by atoms with Gasteiger partial charge in [0.1, 0.15) is 11.3 Å². The summed E-state index contributed by atoms with van der Waals surface area (Å²) in [4.78, 5) is 35.6. The van der Waals surface area contributed by atoms with Gasteiger partial charge in [-0.25, -0.2) is 0 Å². The number of carbonyl (C=O) groups is 1. The standard InChI is InChI=1S/C20H17N3O5/c1-28-17-8-3-6-15(12-17)21-19(24)18-9-4-10-22(20(18)25)13-14-5-2-7-16(11-14)23(26)27/h2-12H,13H2,1H3,(H,21,24). The molecule has 0 aliphatic heterocycles. The molecular weight excluding hydrogens is 362 g/mol. The lowest BCUT2D eigenvalue weighted by Crippen LogP contribution is -2.29. The topological polar surface area (TPSA) is 103 Å². The van der Waals surface area contributed by atoms with E-state index in [1.165, 1.54) is 36.1 Å². The molecule has 3 rings (SSSR count). The number of aromatic nitrogens is 1. The van der Waals surface area contributed by atoms with Gasteiger partial charge < -0.3 is 14.6 Å². The van der Waals surface area contributed by atoms with E-state index in [4.69, 9.17) is 4.74 Å². The Balaban J connectivity index is 1.84. The van der Waals surface area contributed by atoms with Crippen LogP contribution in [0.4, 0.5) is 11.4 Å². The van der Waals surface area contributed by atoms with E-state index < -0.39 is 16.4 Å². The normalized spacial score (nSPS) is 10.3. The first-order valence-electron chi connectivity index (χ1n) is 8.36. The Hall–Kier alpha value is -3.94. The van der Waals surface area contributed by atoms with Crippen molar-refractivity contribution in [2.75, 3.05) is 12.4 Å². The molecular formula is C20H17N3O5. The molecule has 0 aliphatic carbocycles. The maximum atomic E-state index is 12.7. The lowest BCUT2D eigenvalue weighted by atomic mass is 10.2. The minimum Gasteiger partial charge on any atom is -0.497 e. The summed E-state index contributed by atoms with van der Waals surface area (Å²) in [6.07, 6.45) is 1.53. The number of nitro benzene ring substituents is 1. The second-order valence-electron chi connectivity index (χ2n) is 5.97. The van der Waals surface area contributed by atoms with Crippen molar-refractivity contribution in [3.63, 3.8) is 0 Å². The quantitative estimate of drug-likeness (QED) is 0.524. The zero-order chi connectivity index (χ0) is 20.1. The van der Waals surface area contributed by atoms with Crippen LogP contribution in [-0.4, -0.2) is 22.5 Å². The van der Waals surface area contributed by atoms with Crippen molar-refractivity contribution >= 4 is 17.3 Å². The Kier molecular flexibility index (Phi) is 5.50. The number of rotatable bonds is 6. The van der Waals surface area contributed by atoms with Crippen molar-refractivity contribution in [1.29, 1.82) is 0 Å². The van der Waals surface area contributed by atoms with Crippen molar-refractivity contribution in [2.45, 2.75) is 6.54 Å². The van der Waals surface area contributed by atoms with Gasteiger partial charge in [-0.15, -0.1) is 0 Å². The molecule has 3 aromatic rings. The number of nitro groups is 1. The van der Waals surface area contributed by atoms with Gasteiger partial charge >= 0.3 is 0 Å². The molecule has 1 aromatic heterocycles. The average molecular weight is 379 g/mol. The summed E-state index contributed by atoms with van der Waals surface area (Å²) < 4.78 is 6.45. The SMILES string of the molecule is COc1cccc(NC(=O)c2cccn(Cc3cccc([N+](=O)[O-])c3)c2=O)c1. The summed E-state index contributed by atoms with van der Waals surface area (Å²) in [6.45, 7) is 0.112. The van der Waals surface area contributed by atoms with Crippen LogP contribution in [0.1, 0.15) is 15.9 Å². The molecule has 142 valence electrons. The first-order chi connectivity index (χ1) is 13.5. The molecule has 0 bridgehead atoms. The van der Waals surface area contributed by atoms with Crippen LogP contribution < -0.4 is 15.6 Å². The predicted molar refractivity (Wildman–Crippen MR) is 104 cm³/mol. The summed E-state index contributed by atoms with van der Waals surface area (Å²) in [7, 11) is 1.52. The van der Waals surface area contributed by atoms with E-state index in [0.717, 1.165) is 0 Å². The van der Waals surface area contributed by atoms with Gasteiger partial charge in [-0.3, -0.25) is 19.7 Å². The van der Waals surface area contributed by atoms with E-state index in [-0.39, 0.29) is 17.8 Å². The van der Waals surface area contributed by atoms with Crippen LogP contribution in [0.15, 0.2) is 71.7 Å². The van der Waals surface area contributed by atoms with Gasteiger partial charge in [0, 0.05) is 30.1 Å². The van der Waals surface area contributed by atoms with Crippen molar-refractivity contribution in [3.8, 4) is 5.75 Å². The number of non-ortho nitro benzene ring substituents is 1. The summed E-state index contributed by atoms with van der Waals surface area (Å²) in [5.74, 6) is 0.0283. The van der Waals surface area contributed by atoms with Crippen molar-refractivity contribution < 1.29 is 14.5 Å². The minimum absolute atomic E-state index is 0.0317. The summed E-state index contributed by atoms with van der Waals surface area (Å²) >= 11 is 0. The number of hydrogen-bond acceptors (Lipinski definition) is 5. The molecule has 0 radical (unpaired) electrons. The highest BCUT2D eigenvalue weighted by Crippen LogP contribution is 2.17. The average Bonchev–Trinajstić information content (AvgIpc) is 2.70. The number of methoxy groups -OCH3 is 1. The highest BCUT2D eigenvalue weighted by molar-refractivity contribution is 6.04.